The standard InChI is InChI=1S/C28H27F2NO4/c1-15(28(32)33)26(17-4-5-17)18-6-3-16-7-10-24(35-25(16)12-18)27-23(30)11-19(14-31-27)21-13-20(34-2)8-9-22(21)29/h3,6,8-9,11-15,17,24,26H,4-5,7,10H2,1-2H3,(H,32,33)/t15-,24?,26-/m0/s1. The summed E-state index contributed by atoms with van der Waals surface area (Å²) in [6.07, 6.45) is 4.16. The number of ether oxygens (including phenoxy) is 2. The van der Waals surface area contributed by atoms with Gasteiger partial charge in [-0.3, -0.25) is 9.78 Å². The van der Waals surface area contributed by atoms with Gasteiger partial charge in [0.1, 0.15) is 34.9 Å². The second kappa shape index (κ2) is 9.29. The molecule has 1 N–H and O–H groups in total. The molecule has 1 unspecified atom stereocenters. The molecule has 0 spiro atoms. The fourth-order valence-corrected chi connectivity index (χ4v) is 5.05. The fraction of sp³-hybridized carbons (Fsp3) is 0.357. The van der Waals surface area contributed by atoms with Crippen molar-refractivity contribution in [2.45, 2.75) is 44.6 Å². The van der Waals surface area contributed by atoms with Crippen molar-refractivity contribution in [3.8, 4) is 22.6 Å². The Morgan fingerprint density at radius 1 is 1.11 bits per heavy atom. The van der Waals surface area contributed by atoms with Crippen LogP contribution in [0, 0.1) is 23.5 Å². The summed E-state index contributed by atoms with van der Waals surface area (Å²) in [5.41, 5.74) is 2.65. The van der Waals surface area contributed by atoms with Crippen molar-refractivity contribution in [2.75, 3.05) is 7.11 Å². The first-order valence-corrected chi connectivity index (χ1v) is 11.9. The Balaban J connectivity index is 1.41. The van der Waals surface area contributed by atoms with Crippen molar-refractivity contribution in [1.82, 2.24) is 4.98 Å². The highest BCUT2D eigenvalue weighted by molar-refractivity contribution is 5.71. The van der Waals surface area contributed by atoms with Gasteiger partial charge >= 0.3 is 5.97 Å². The van der Waals surface area contributed by atoms with Crippen LogP contribution in [0.2, 0.25) is 0 Å². The highest BCUT2D eigenvalue weighted by Gasteiger charge is 2.39. The molecular weight excluding hydrogens is 452 g/mol. The normalized spacial score (nSPS) is 18.8. The zero-order valence-corrected chi connectivity index (χ0v) is 19.6. The van der Waals surface area contributed by atoms with E-state index in [1.807, 2.05) is 18.2 Å². The number of carboxylic acid groups (broad SMARTS) is 1. The predicted octanol–water partition coefficient (Wildman–Crippen LogP) is 6.32. The molecule has 0 bridgehead atoms. The van der Waals surface area contributed by atoms with Crippen LogP contribution in [0.25, 0.3) is 11.1 Å². The average Bonchev–Trinajstić information content (AvgIpc) is 3.69. The first-order chi connectivity index (χ1) is 16.9. The van der Waals surface area contributed by atoms with Crippen molar-refractivity contribution >= 4 is 5.97 Å². The molecule has 1 saturated carbocycles. The van der Waals surface area contributed by atoms with Gasteiger partial charge in [0.15, 0.2) is 0 Å². The maximum absolute atomic E-state index is 15.2. The van der Waals surface area contributed by atoms with Crippen LogP contribution in [0.3, 0.4) is 0 Å². The van der Waals surface area contributed by atoms with Crippen LogP contribution < -0.4 is 9.47 Å². The number of carbonyl (C=O) groups is 1. The molecule has 1 aliphatic heterocycles. The first kappa shape index (κ1) is 23.3. The number of pyridine rings is 1. The molecule has 182 valence electrons. The Morgan fingerprint density at radius 3 is 2.60 bits per heavy atom. The van der Waals surface area contributed by atoms with Gasteiger partial charge in [-0.2, -0.15) is 0 Å². The minimum Gasteiger partial charge on any atom is -0.497 e. The third-order valence-electron chi connectivity index (χ3n) is 7.14. The SMILES string of the molecule is COc1ccc(F)c(-c2cnc(C3CCc4ccc([C@H](C5CC5)[C@H](C)C(=O)O)cc4O3)c(F)c2)c1. The maximum atomic E-state index is 15.2. The number of rotatable bonds is 7. The molecule has 0 saturated heterocycles. The number of hydrogen-bond donors (Lipinski definition) is 1. The van der Waals surface area contributed by atoms with Gasteiger partial charge in [0.2, 0.25) is 0 Å². The summed E-state index contributed by atoms with van der Waals surface area (Å²) < 4.78 is 40.9. The molecule has 1 aromatic heterocycles. The third kappa shape index (κ3) is 4.59. The minimum atomic E-state index is -0.808. The lowest BCUT2D eigenvalue weighted by atomic mass is 9.82. The number of methoxy groups -OCH3 is 1. The Kier molecular flexibility index (Phi) is 6.17. The predicted molar refractivity (Wildman–Crippen MR) is 127 cm³/mol. The zero-order valence-electron chi connectivity index (χ0n) is 19.6. The molecule has 3 aromatic rings. The number of aliphatic carboxylic acids is 1. The molecule has 35 heavy (non-hydrogen) atoms. The van der Waals surface area contributed by atoms with E-state index in [4.69, 9.17) is 9.47 Å². The molecule has 1 fully saturated rings. The van der Waals surface area contributed by atoms with Crippen LogP contribution in [0.15, 0.2) is 48.7 Å². The summed E-state index contributed by atoms with van der Waals surface area (Å²) >= 11 is 0. The number of nitrogens with zero attached hydrogens (tertiary/aromatic N) is 1. The first-order valence-electron chi connectivity index (χ1n) is 11.9. The van der Waals surface area contributed by atoms with Crippen molar-refractivity contribution in [1.29, 1.82) is 0 Å². The second-order valence-electron chi connectivity index (χ2n) is 9.44. The van der Waals surface area contributed by atoms with Crippen molar-refractivity contribution < 1.29 is 28.2 Å². The average molecular weight is 480 g/mol. The van der Waals surface area contributed by atoms with Crippen molar-refractivity contribution in [3.63, 3.8) is 0 Å². The number of benzene rings is 2. The summed E-state index contributed by atoms with van der Waals surface area (Å²) in [6.45, 7) is 1.75. The summed E-state index contributed by atoms with van der Waals surface area (Å²) in [5.74, 6) is -0.959. The second-order valence-corrected chi connectivity index (χ2v) is 9.44. The lowest BCUT2D eigenvalue weighted by molar-refractivity contribution is -0.142. The largest absolute Gasteiger partial charge is 0.497 e. The van der Waals surface area contributed by atoms with Gasteiger partial charge in [0.25, 0.3) is 0 Å². The lowest BCUT2D eigenvalue weighted by Gasteiger charge is -2.28. The molecular formula is C28H27F2NO4. The van der Waals surface area contributed by atoms with Crippen LogP contribution in [0.4, 0.5) is 8.78 Å². The van der Waals surface area contributed by atoms with E-state index in [-0.39, 0.29) is 17.2 Å². The number of aromatic nitrogens is 1. The molecule has 5 nitrogen and oxygen atoms in total. The van der Waals surface area contributed by atoms with E-state index in [2.05, 4.69) is 4.98 Å². The Hall–Kier alpha value is -3.48. The van der Waals surface area contributed by atoms with Crippen LogP contribution in [0.5, 0.6) is 11.5 Å². The van der Waals surface area contributed by atoms with Gasteiger partial charge in [0.05, 0.1) is 13.0 Å². The molecule has 5 rings (SSSR count). The quantitative estimate of drug-likeness (QED) is 0.430. The topological polar surface area (TPSA) is 68.7 Å². The van der Waals surface area contributed by atoms with Crippen LogP contribution in [-0.4, -0.2) is 23.2 Å². The van der Waals surface area contributed by atoms with E-state index < -0.39 is 29.6 Å². The van der Waals surface area contributed by atoms with E-state index in [1.54, 1.807) is 6.92 Å². The summed E-state index contributed by atoms with van der Waals surface area (Å²) in [6, 6.07) is 11.5. The Bertz CT molecular complexity index is 1270. The van der Waals surface area contributed by atoms with Crippen LogP contribution >= 0.6 is 0 Å². The van der Waals surface area contributed by atoms with Gasteiger partial charge in [-0.15, -0.1) is 0 Å². The summed E-state index contributed by atoms with van der Waals surface area (Å²) in [7, 11) is 1.48. The molecule has 1 aliphatic carbocycles. The Morgan fingerprint density at radius 2 is 1.91 bits per heavy atom. The molecule has 2 aromatic carbocycles. The van der Waals surface area contributed by atoms with Gasteiger partial charge in [-0.05, 0) is 79.0 Å². The third-order valence-corrected chi connectivity index (χ3v) is 7.14. The van der Waals surface area contributed by atoms with Crippen molar-refractivity contribution in [3.05, 3.63) is 77.1 Å². The number of fused-ring (bicyclic) bond motifs is 1. The van der Waals surface area contributed by atoms with Crippen LogP contribution in [-0.2, 0) is 11.2 Å². The number of halogens is 2. The smallest absolute Gasteiger partial charge is 0.306 e. The molecule has 2 heterocycles. The number of hydrogen-bond acceptors (Lipinski definition) is 4. The summed E-state index contributed by atoms with van der Waals surface area (Å²) in [5, 5.41) is 9.59. The maximum Gasteiger partial charge on any atom is 0.306 e. The van der Waals surface area contributed by atoms with Gasteiger partial charge < -0.3 is 14.6 Å². The number of carboxylic acids is 1. The van der Waals surface area contributed by atoms with E-state index in [0.717, 1.165) is 24.0 Å². The summed E-state index contributed by atoms with van der Waals surface area (Å²) in [4.78, 5) is 16.0. The molecule has 0 amide bonds. The van der Waals surface area contributed by atoms with Gasteiger partial charge in [-0.1, -0.05) is 19.1 Å². The highest BCUT2D eigenvalue weighted by Crippen LogP contribution is 2.48. The van der Waals surface area contributed by atoms with E-state index in [1.165, 1.54) is 37.6 Å². The van der Waals surface area contributed by atoms with Crippen LogP contribution in [0.1, 0.15) is 55.0 Å². The van der Waals surface area contributed by atoms with Crippen molar-refractivity contribution in [2.24, 2.45) is 11.8 Å². The minimum absolute atomic E-state index is 0.0753. The van der Waals surface area contributed by atoms with E-state index >= 15 is 4.39 Å². The van der Waals surface area contributed by atoms with Gasteiger partial charge in [-0.25, -0.2) is 8.78 Å². The monoisotopic (exact) mass is 479 g/mol. The molecule has 0 radical (unpaired) electrons. The zero-order chi connectivity index (χ0) is 24.7. The Labute approximate surface area is 202 Å². The number of aryl methyl sites for hydroxylation is 1. The highest BCUT2D eigenvalue weighted by atomic mass is 19.1. The van der Waals surface area contributed by atoms with E-state index in [9.17, 15) is 14.3 Å². The van der Waals surface area contributed by atoms with Gasteiger partial charge in [0, 0.05) is 17.3 Å². The van der Waals surface area contributed by atoms with E-state index in [0.29, 0.717) is 35.8 Å². The molecule has 7 heteroatoms. The molecule has 2 aliphatic rings. The molecule has 3 atom stereocenters. The fourth-order valence-electron chi connectivity index (χ4n) is 5.05. The lowest BCUT2D eigenvalue weighted by Crippen LogP contribution is -2.22.